The summed E-state index contributed by atoms with van der Waals surface area (Å²) in [7, 11) is 2.04. The Hall–Kier alpha value is -4.21. The second-order valence-corrected chi connectivity index (χ2v) is 9.38. The molecule has 2 heterocycles. The van der Waals surface area contributed by atoms with Gasteiger partial charge in [-0.2, -0.15) is 0 Å². The minimum absolute atomic E-state index is 0.0228. The number of aromatic nitrogens is 1. The quantitative estimate of drug-likeness (QED) is 0.220. The smallest absolute Gasteiger partial charge is 0.269 e. The molecule has 1 aliphatic heterocycles. The summed E-state index contributed by atoms with van der Waals surface area (Å²) in [6.07, 6.45) is 0. The highest BCUT2D eigenvalue weighted by molar-refractivity contribution is 6.31. The number of hydrogen-bond acceptors (Lipinski definition) is 6. The van der Waals surface area contributed by atoms with Gasteiger partial charge >= 0.3 is 0 Å². The number of aromatic hydroxyl groups is 1. The Bertz CT molecular complexity index is 1500. The van der Waals surface area contributed by atoms with E-state index in [0.717, 1.165) is 13.1 Å². The normalized spacial score (nSPS) is 14.8. The maximum Gasteiger partial charge on any atom is 0.269 e. The highest BCUT2D eigenvalue weighted by Crippen LogP contribution is 2.33. The SMILES string of the molecule is CN1CCN(C(=O)c2ccc(N=C(c3ccc([N+](=O)[O-])cc3)c3c(O)[nH]c4cc(Cl)ccc34)cc2)CC1. The first-order valence-electron chi connectivity index (χ1n) is 11.7. The number of nitrogens with one attached hydrogen (secondary N) is 1. The van der Waals surface area contributed by atoms with Crippen LogP contribution in [-0.4, -0.2) is 69.7 Å². The average molecular weight is 518 g/mol. The Labute approximate surface area is 217 Å². The van der Waals surface area contributed by atoms with E-state index in [4.69, 9.17) is 16.6 Å². The number of fused-ring (bicyclic) bond motifs is 1. The van der Waals surface area contributed by atoms with Gasteiger partial charge in [0.25, 0.3) is 11.6 Å². The minimum Gasteiger partial charge on any atom is -0.494 e. The molecule has 1 aromatic heterocycles. The van der Waals surface area contributed by atoms with Crippen LogP contribution in [0.1, 0.15) is 21.5 Å². The number of nitro benzene ring substituents is 1. The summed E-state index contributed by atoms with van der Waals surface area (Å²) < 4.78 is 0. The topological polar surface area (TPSA) is 115 Å². The maximum absolute atomic E-state index is 12.9. The Balaban J connectivity index is 1.55. The molecule has 1 amide bonds. The number of carbonyl (C=O) groups is 1. The number of piperazine rings is 1. The van der Waals surface area contributed by atoms with Crippen LogP contribution in [0.5, 0.6) is 5.88 Å². The summed E-state index contributed by atoms with van der Waals surface area (Å²) in [5.74, 6) is -0.124. The molecule has 0 bridgehead atoms. The summed E-state index contributed by atoms with van der Waals surface area (Å²) in [5, 5.41) is 23.2. The monoisotopic (exact) mass is 517 g/mol. The lowest BCUT2D eigenvalue weighted by atomic mass is 10.0. The molecule has 2 N–H and O–H groups in total. The summed E-state index contributed by atoms with van der Waals surface area (Å²) in [5.41, 5.74) is 3.15. The van der Waals surface area contributed by atoms with Crippen LogP contribution < -0.4 is 0 Å². The predicted molar refractivity (Wildman–Crippen MR) is 143 cm³/mol. The van der Waals surface area contributed by atoms with E-state index < -0.39 is 4.92 Å². The molecule has 0 saturated carbocycles. The molecule has 4 aromatic rings. The Kier molecular flexibility index (Phi) is 6.64. The molecule has 3 aromatic carbocycles. The molecule has 0 aliphatic carbocycles. The fourth-order valence-electron chi connectivity index (χ4n) is 4.40. The molecule has 0 radical (unpaired) electrons. The molecule has 1 fully saturated rings. The number of rotatable bonds is 5. The second kappa shape index (κ2) is 10.0. The van der Waals surface area contributed by atoms with E-state index in [0.29, 0.717) is 57.1 Å². The third kappa shape index (κ3) is 5.04. The van der Waals surface area contributed by atoms with Crippen molar-refractivity contribution in [2.75, 3.05) is 33.2 Å². The molecule has 37 heavy (non-hydrogen) atoms. The zero-order valence-corrected chi connectivity index (χ0v) is 20.8. The minimum atomic E-state index is -0.470. The zero-order chi connectivity index (χ0) is 26.1. The van der Waals surface area contributed by atoms with Gasteiger partial charge in [-0.1, -0.05) is 17.7 Å². The molecule has 0 spiro atoms. The van der Waals surface area contributed by atoms with Gasteiger partial charge in [0.05, 0.1) is 27.4 Å². The number of aliphatic imine (C=N–C) groups is 1. The largest absolute Gasteiger partial charge is 0.494 e. The highest BCUT2D eigenvalue weighted by Gasteiger charge is 2.22. The molecule has 188 valence electrons. The van der Waals surface area contributed by atoms with Gasteiger partial charge < -0.3 is 19.9 Å². The van der Waals surface area contributed by atoms with Crippen molar-refractivity contribution in [1.82, 2.24) is 14.8 Å². The van der Waals surface area contributed by atoms with Gasteiger partial charge in [-0.25, -0.2) is 4.99 Å². The van der Waals surface area contributed by atoms with Crippen molar-refractivity contribution in [2.24, 2.45) is 4.99 Å². The van der Waals surface area contributed by atoms with Gasteiger partial charge in [0.15, 0.2) is 5.88 Å². The first-order valence-corrected chi connectivity index (χ1v) is 12.1. The number of nitro groups is 1. The molecular formula is C27H24ClN5O4. The summed E-state index contributed by atoms with van der Waals surface area (Å²) >= 11 is 6.13. The van der Waals surface area contributed by atoms with Gasteiger partial charge in [0.2, 0.25) is 0 Å². The zero-order valence-electron chi connectivity index (χ0n) is 20.0. The third-order valence-electron chi connectivity index (χ3n) is 6.47. The van der Waals surface area contributed by atoms with Gasteiger partial charge in [-0.05, 0) is 55.6 Å². The highest BCUT2D eigenvalue weighted by atomic mass is 35.5. The van der Waals surface area contributed by atoms with Gasteiger partial charge in [-0.15, -0.1) is 0 Å². The van der Waals surface area contributed by atoms with Gasteiger partial charge in [0, 0.05) is 59.8 Å². The van der Waals surface area contributed by atoms with Crippen molar-refractivity contribution in [1.29, 1.82) is 0 Å². The van der Waals surface area contributed by atoms with Crippen LogP contribution in [0.2, 0.25) is 5.02 Å². The lowest BCUT2D eigenvalue weighted by Gasteiger charge is -2.32. The van der Waals surface area contributed by atoms with Crippen molar-refractivity contribution in [3.63, 3.8) is 0 Å². The van der Waals surface area contributed by atoms with Crippen LogP contribution in [0.15, 0.2) is 71.7 Å². The summed E-state index contributed by atoms with van der Waals surface area (Å²) in [4.78, 5) is 35.4. The third-order valence-corrected chi connectivity index (χ3v) is 6.71. The molecule has 0 atom stereocenters. The van der Waals surface area contributed by atoms with Crippen LogP contribution in [-0.2, 0) is 0 Å². The number of likely N-dealkylation sites (N-methyl/N-ethyl adjacent to an activating group) is 1. The van der Waals surface area contributed by atoms with Crippen LogP contribution >= 0.6 is 11.6 Å². The van der Waals surface area contributed by atoms with Crippen molar-refractivity contribution < 1.29 is 14.8 Å². The van der Waals surface area contributed by atoms with E-state index in [-0.39, 0.29) is 17.5 Å². The molecule has 9 nitrogen and oxygen atoms in total. The lowest BCUT2D eigenvalue weighted by molar-refractivity contribution is -0.384. The van der Waals surface area contributed by atoms with Crippen molar-refractivity contribution in [3.05, 3.63) is 98.6 Å². The lowest BCUT2D eigenvalue weighted by Crippen LogP contribution is -2.47. The Morgan fingerprint density at radius 1 is 1.00 bits per heavy atom. The van der Waals surface area contributed by atoms with Crippen molar-refractivity contribution in [2.45, 2.75) is 0 Å². The van der Waals surface area contributed by atoms with E-state index >= 15 is 0 Å². The molecular weight excluding hydrogens is 494 g/mol. The number of non-ortho nitro benzene ring substituents is 1. The number of H-pyrrole nitrogens is 1. The predicted octanol–water partition coefficient (Wildman–Crippen LogP) is 4.99. The molecule has 0 unspecified atom stereocenters. The number of aromatic amines is 1. The molecule has 10 heteroatoms. The standard InChI is InChI=1S/C27H24ClN5O4/c1-31-12-14-32(15-13-31)27(35)18-2-7-20(8-3-18)29-25(17-4-9-21(10-5-17)33(36)37)24-22-11-6-19(28)16-23(22)30-26(24)34/h2-11,16,30,34H,12-15H2,1H3. The molecule has 5 rings (SSSR count). The van der Waals surface area contributed by atoms with Gasteiger partial charge in [-0.3, -0.25) is 14.9 Å². The fourth-order valence-corrected chi connectivity index (χ4v) is 4.57. The number of amides is 1. The van der Waals surface area contributed by atoms with Crippen molar-refractivity contribution >= 4 is 45.5 Å². The van der Waals surface area contributed by atoms with Crippen LogP contribution in [0, 0.1) is 10.1 Å². The van der Waals surface area contributed by atoms with E-state index in [1.54, 1.807) is 54.6 Å². The van der Waals surface area contributed by atoms with Crippen molar-refractivity contribution in [3.8, 4) is 5.88 Å². The van der Waals surface area contributed by atoms with Crippen LogP contribution in [0.25, 0.3) is 10.9 Å². The molecule has 1 aliphatic rings. The summed E-state index contributed by atoms with van der Waals surface area (Å²) in [6, 6.07) is 18.1. The number of nitrogens with zero attached hydrogens (tertiary/aromatic N) is 4. The van der Waals surface area contributed by atoms with Crippen LogP contribution in [0.4, 0.5) is 11.4 Å². The number of hydrogen-bond donors (Lipinski definition) is 2. The Morgan fingerprint density at radius 3 is 2.30 bits per heavy atom. The number of carbonyl (C=O) groups excluding carboxylic acids is 1. The van der Waals surface area contributed by atoms with E-state index in [1.165, 1.54) is 12.1 Å². The van der Waals surface area contributed by atoms with Crippen LogP contribution in [0.3, 0.4) is 0 Å². The number of benzene rings is 3. The van der Waals surface area contributed by atoms with E-state index in [2.05, 4.69) is 9.88 Å². The van der Waals surface area contributed by atoms with Gasteiger partial charge in [0.1, 0.15) is 0 Å². The molecule has 1 saturated heterocycles. The summed E-state index contributed by atoms with van der Waals surface area (Å²) in [6.45, 7) is 3.05. The first-order chi connectivity index (χ1) is 17.8. The second-order valence-electron chi connectivity index (χ2n) is 8.95. The van der Waals surface area contributed by atoms with E-state index in [9.17, 15) is 20.0 Å². The van der Waals surface area contributed by atoms with E-state index in [1.807, 2.05) is 11.9 Å². The Morgan fingerprint density at radius 2 is 1.65 bits per heavy atom. The average Bonchev–Trinajstić information content (AvgIpc) is 3.22. The number of halogens is 1. The first kappa shape index (κ1) is 24.5. The fraction of sp³-hybridized carbons (Fsp3) is 0.185. The maximum atomic E-state index is 12.9.